The molecule has 4 N–H and O–H groups in total. The number of aromatic nitrogens is 1. The van der Waals surface area contributed by atoms with Crippen LogP contribution in [0.2, 0.25) is 0 Å². The maximum atomic E-state index is 5.58. The molecule has 0 bridgehead atoms. The lowest BCUT2D eigenvalue weighted by atomic mass is 10.2. The van der Waals surface area contributed by atoms with Crippen LogP contribution < -0.4 is 11.5 Å². The van der Waals surface area contributed by atoms with Crippen LogP contribution in [0.15, 0.2) is 18.2 Å². The number of hydrogen-bond donors (Lipinski definition) is 2. The molecule has 62 valence electrons. The minimum atomic E-state index is 0.541. The number of anilines is 1. The molecule has 3 nitrogen and oxygen atoms in total. The van der Waals surface area contributed by atoms with Crippen molar-refractivity contribution < 1.29 is 0 Å². The van der Waals surface area contributed by atoms with Gasteiger partial charge in [0.15, 0.2) is 5.13 Å². The zero-order chi connectivity index (χ0) is 8.55. The summed E-state index contributed by atoms with van der Waals surface area (Å²) in [6.07, 6.45) is 0. The molecule has 0 unspecified atom stereocenters. The summed E-state index contributed by atoms with van der Waals surface area (Å²) in [5.41, 5.74) is 13.2. The third kappa shape index (κ3) is 1.05. The van der Waals surface area contributed by atoms with Crippen molar-refractivity contribution in [1.29, 1.82) is 0 Å². The van der Waals surface area contributed by atoms with Crippen LogP contribution in [0.1, 0.15) is 5.56 Å². The normalized spacial score (nSPS) is 10.8. The van der Waals surface area contributed by atoms with Crippen LogP contribution in [0.25, 0.3) is 10.2 Å². The molecule has 1 heterocycles. The van der Waals surface area contributed by atoms with Gasteiger partial charge in [0.1, 0.15) is 0 Å². The van der Waals surface area contributed by atoms with Gasteiger partial charge < -0.3 is 11.5 Å². The van der Waals surface area contributed by atoms with Gasteiger partial charge in [-0.25, -0.2) is 4.98 Å². The maximum absolute atomic E-state index is 5.58. The average Bonchev–Trinajstić information content (AvgIpc) is 2.44. The van der Waals surface area contributed by atoms with Crippen molar-refractivity contribution in [2.75, 3.05) is 5.73 Å². The van der Waals surface area contributed by atoms with Gasteiger partial charge in [-0.1, -0.05) is 23.5 Å². The Labute approximate surface area is 74.0 Å². The Morgan fingerprint density at radius 1 is 1.42 bits per heavy atom. The molecule has 0 amide bonds. The van der Waals surface area contributed by atoms with E-state index in [2.05, 4.69) is 4.98 Å². The number of hydrogen-bond acceptors (Lipinski definition) is 4. The summed E-state index contributed by atoms with van der Waals surface area (Å²) in [7, 11) is 0. The summed E-state index contributed by atoms with van der Waals surface area (Å²) in [5, 5.41) is 0.603. The Morgan fingerprint density at radius 2 is 2.25 bits per heavy atom. The first kappa shape index (κ1) is 7.52. The largest absolute Gasteiger partial charge is 0.375 e. The fraction of sp³-hybridized carbons (Fsp3) is 0.125. The summed E-state index contributed by atoms with van der Waals surface area (Å²) < 4.78 is 1.11. The van der Waals surface area contributed by atoms with Crippen molar-refractivity contribution in [3.05, 3.63) is 23.8 Å². The molecule has 0 saturated heterocycles. The van der Waals surface area contributed by atoms with Crippen LogP contribution in [-0.2, 0) is 6.54 Å². The van der Waals surface area contributed by atoms with Gasteiger partial charge in [0.05, 0.1) is 10.2 Å². The molecule has 0 spiro atoms. The zero-order valence-corrected chi connectivity index (χ0v) is 7.27. The molecule has 2 rings (SSSR count). The molecule has 0 aliphatic heterocycles. The fourth-order valence-electron chi connectivity index (χ4n) is 1.18. The molecule has 1 aromatic carbocycles. The maximum Gasteiger partial charge on any atom is 0.181 e. The SMILES string of the molecule is NCc1cccc2nc(N)sc12. The monoisotopic (exact) mass is 179 g/mol. The second-order valence-corrected chi connectivity index (χ2v) is 3.55. The molecule has 0 saturated carbocycles. The Morgan fingerprint density at radius 3 is 3.00 bits per heavy atom. The van der Waals surface area contributed by atoms with Gasteiger partial charge in [0.25, 0.3) is 0 Å². The van der Waals surface area contributed by atoms with Gasteiger partial charge in [0.2, 0.25) is 0 Å². The first-order chi connectivity index (χ1) is 5.81. The highest BCUT2D eigenvalue weighted by Gasteiger charge is 2.03. The number of nitrogen functional groups attached to an aromatic ring is 1. The Kier molecular flexibility index (Phi) is 1.71. The van der Waals surface area contributed by atoms with Gasteiger partial charge in [-0.2, -0.15) is 0 Å². The van der Waals surface area contributed by atoms with Crippen molar-refractivity contribution in [3.8, 4) is 0 Å². The first-order valence-corrected chi connectivity index (χ1v) is 4.47. The van der Waals surface area contributed by atoms with Crippen LogP contribution in [0.3, 0.4) is 0 Å². The van der Waals surface area contributed by atoms with Gasteiger partial charge in [-0.3, -0.25) is 0 Å². The highest BCUT2D eigenvalue weighted by Crippen LogP contribution is 2.26. The molecular weight excluding hydrogens is 170 g/mol. The van der Waals surface area contributed by atoms with Gasteiger partial charge >= 0.3 is 0 Å². The molecule has 4 heteroatoms. The van der Waals surface area contributed by atoms with Crippen molar-refractivity contribution in [2.24, 2.45) is 5.73 Å². The Bertz CT molecular complexity index is 408. The standard InChI is InChI=1S/C8H9N3S/c9-4-5-2-1-3-6-7(5)12-8(10)11-6/h1-3H,4,9H2,(H2,10,11). The molecule has 0 aliphatic rings. The van der Waals surface area contributed by atoms with E-state index in [1.807, 2.05) is 18.2 Å². The number of rotatable bonds is 1. The summed E-state index contributed by atoms with van der Waals surface area (Å²) in [5.74, 6) is 0. The third-order valence-electron chi connectivity index (χ3n) is 1.73. The molecule has 0 aliphatic carbocycles. The predicted octanol–water partition coefficient (Wildman–Crippen LogP) is 1.34. The fourth-order valence-corrected chi connectivity index (χ4v) is 2.04. The van der Waals surface area contributed by atoms with E-state index < -0.39 is 0 Å². The first-order valence-electron chi connectivity index (χ1n) is 3.65. The van der Waals surface area contributed by atoms with Crippen LogP contribution in [0.5, 0.6) is 0 Å². The summed E-state index contributed by atoms with van der Waals surface area (Å²) >= 11 is 1.49. The zero-order valence-electron chi connectivity index (χ0n) is 6.45. The number of benzene rings is 1. The molecule has 2 aromatic rings. The number of thiazole rings is 1. The number of nitrogens with zero attached hydrogens (tertiary/aromatic N) is 1. The lowest BCUT2D eigenvalue weighted by molar-refractivity contribution is 1.09. The van der Waals surface area contributed by atoms with E-state index in [1.165, 1.54) is 11.3 Å². The second-order valence-electron chi connectivity index (χ2n) is 2.52. The quantitative estimate of drug-likeness (QED) is 0.694. The van der Waals surface area contributed by atoms with Crippen molar-refractivity contribution in [1.82, 2.24) is 4.98 Å². The van der Waals surface area contributed by atoms with Crippen LogP contribution in [0.4, 0.5) is 5.13 Å². The van der Waals surface area contributed by atoms with Crippen molar-refractivity contribution in [3.63, 3.8) is 0 Å². The van der Waals surface area contributed by atoms with Gasteiger partial charge in [0, 0.05) is 6.54 Å². The van der Waals surface area contributed by atoms with E-state index in [0.717, 1.165) is 15.8 Å². The van der Waals surface area contributed by atoms with E-state index >= 15 is 0 Å². The van der Waals surface area contributed by atoms with Crippen molar-refractivity contribution >= 4 is 26.7 Å². The lowest BCUT2D eigenvalue weighted by Crippen LogP contribution is -1.95. The molecule has 0 radical (unpaired) electrons. The van der Waals surface area contributed by atoms with Crippen LogP contribution in [0, 0.1) is 0 Å². The van der Waals surface area contributed by atoms with Gasteiger partial charge in [-0.15, -0.1) is 0 Å². The molecular formula is C8H9N3S. The highest BCUT2D eigenvalue weighted by molar-refractivity contribution is 7.22. The number of fused-ring (bicyclic) bond motifs is 1. The minimum Gasteiger partial charge on any atom is -0.375 e. The number of nitrogens with two attached hydrogens (primary N) is 2. The van der Waals surface area contributed by atoms with Crippen LogP contribution in [-0.4, -0.2) is 4.98 Å². The van der Waals surface area contributed by atoms with E-state index in [9.17, 15) is 0 Å². The average molecular weight is 179 g/mol. The van der Waals surface area contributed by atoms with E-state index in [4.69, 9.17) is 11.5 Å². The molecule has 12 heavy (non-hydrogen) atoms. The minimum absolute atomic E-state index is 0.541. The van der Waals surface area contributed by atoms with E-state index in [-0.39, 0.29) is 0 Å². The van der Waals surface area contributed by atoms with E-state index in [0.29, 0.717) is 11.7 Å². The highest BCUT2D eigenvalue weighted by atomic mass is 32.1. The van der Waals surface area contributed by atoms with E-state index in [1.54, 1.807) is 0 Å². The summed E-state index contributed by atoms with van der Waals surface area (Å²) in [6, 6.07) is 5.89. The Balaban J connectivity index is 2.78. The lowest BCUT2D eigenvalue weighted by Gasteiger charge is -1.95. The van der Waals surface area contributed by atoms with Crippen LogP contribution >= 0.6 is 11.3 Å². The smallest absolute Gasteiger partial charge is 0.181 e. The molecule has 0 fully saturated rings. The van der Waals surface area contributed by atoms with Gasteiger partial charge in [-0.05, 0) is 11.6 Å². The summed E-state index contributed by atoms with van der Waals surface area (Å²) in [6.45, 7) is 0.541. The van der Waals surface area contributed by atoms with Crippen molar-refractivity contribution in [2.45, 2.75) is 6.54 Å². The Hall–Kier alpha value is -1.13. The third-order valence-corrected chi connectivity index (χ3v) is 2.71. The topological polar surface area (TPSA) is 64.9 Å². The predicted molar refractivity (Wildman–Crippen MR) is 51.9 cm³/mol. The molecule has 1 aromatic heterocycles. The molecule has 0 atom stereocenters. The second kappa shape index (κ2) is 2.73. The summed E-state index contributed by atoms with van der Waals surface area (Å²) in [4.78, 5) is 4.16.